The second-order valence-corrected chi connectivity index (χ2v) is 4.28. The molecule has 1 aromatic heterocycles. The van der Waals surface area contributed by atoms with Crippen molar-refractivity contribution in [3.63, 3.8) is 0 Å². The Balaban J connectivity index is 1.89. The summed E-state index contributed by atoms with van der Waals surface area (Å²) in [7, 11) is 0. The Hall–Kier alpha value is -2.12. The zero-order chi connectivity index (χ0) is 12.8. The lowest BCUT2D eigenvalue weighted by Gasteiger charge is -2.14. The zero-order valence-corrected chi connectivity index (χ0v) is 10.4. The molecule has 18 heavy (non-hydrogen) atoms. The summed E-state index contributed by atoms with van der Waals surface area (Å²) in [5, 5.41) is 16.6. The molecule has 0 spiro atoms. The number of hydrogen-bond donors (Lipinski definition) is 1. The van der Waals surface area contributed by atoms with Crippen molar-refractivity contribution in [1.29, 1.82) is 5.26 Å². The molecule has 0 saturated carbocycles. The van der Waals surface area contributed by atoms with E-state index in [-0.39, 0.29) is 0 Å². The molecule has 1 atom stereocenters. The lowest BCUT2D eigenvalue weighted by molar-refractivity contribution is 0.450. The van der Waals surface area contributed by atoms with Crippen molar-refractivity contribution in [1.82, 2.24) is 15.1 Å². The van der Waals surface area contributed by atoms with Gasteiger partial charge in [-0.3, -0.25) is 4.68 Å². The summed E-state index contributed by atoms with van der Waals surface area (Å²) in [6.45, 7) is 3.63. The Labute approximate surface area is 107 Å². The van der Waals surface area contributed by atoms with E-state index in [0.29, 0.717) is 12.6 Å². The van der Waals surface area contributed by atoms with Crippen molar-refractivity contribution in [2.45, 2.75) is 26.1 Å². The molecule has 4 nitrogen and oxygen atoms in total. The van der Waals surface area contributed by atoms with Gasteiger partial charge in [0.15, 0.2) is 0 Å². The van der Waals surface area contributed by atoms with Crippen molar-refractivity contribution in [2.75, 3.05) is 0 Å². The first-order valence-corrected chi connectivity index (χ1v) is 5.98. The van der Waals surface area contributed by atoms with Crippen LogP contribution in [0.15, 0.2) is 42.7 Å². The third kappa shape index (κ3) is 3.19. The van der Waals surface area contributed by atoms with Crippen LogP contribution in [0.25, 0.3) is 0 Å². The van der Waals surface area contributed by atoms with Crippen LogP contribution in [0.5, 0.6) is 0 Å². The van der Waals surface area contributed by atoms with Gasteiger partial charge < -0.3 is 5.32 Å². The fourth-order valence-corrected chi connectivity index (χ4v) is 1.82. The van der Waals surface area contributed by atoms with Crippen molar-refractivity contribution in [3.05, 3.63) is 53.9 Å². The van der Waals surface area contributed by atoms with Gasteiger partial charge in [0.2, 0.25) is 0 Å². The first-order valence-electron chi connectivity index (χ1n) is 5.98. The SMILES string of the molecule is CC(Cn1cccn1)NCc1ccccc1C#N. The van der Waals surface area contributed by atoms with Crippen molar-refractivity contribution in [2.24, 2.45) is 0 Å². The molecule has 2 rings (SSSR count). The Morgan fingerprint density at radius 2 is 2.22 bits per heavy atom. The molecule has 4 heteroatoms. The molecule has 1 N–H and O–H groups in total. The summed E-state index contributed by atoms with van der Waals surface area (Å²) in [6, 6.07) is 12.1. The van der Waals surface area contributed by atoms with Crippen molar-refractivity contribution < 1.29 is 0 Å². The largest absolute Gasteiger partial charge is 0.308 e. The summed E-state index contributed by atoms with van der Waals surface area (Å²) >= 11 is 0. The lowest BCUT2D eigenvalue weighted by atomic mass is 10.1. The molecule has 1 heterocycles. The number of aromatic nitrogens is 2. The molecule has 0 aliphatic rings. The summed E-state index contributed by atoms with van der Waals surface area (Å²) in [5.41, 5.74) is 1.77. The maximum Gasteiger partial charge on any atom is 0.0995 e. The van der Waals surface area contributed by atoms with Gasteiger partial charge in [0.1, 0.15) is 0 Å². The third-order valence-electron chi connectivity index (χ3n) is 2.80. The quantitative estimate of drug-likeness (QED) is 0.868. The number of benzene rings is 1. The fourth-order valence-electron chi connectivity index (χ4n) is 1.82. The van der Waals surface area contributed by atoms with Crippen molar-refractivity contribution >= 4 is 0 Å². The predicted molar refractivity (Wildman–Crippen MR) is 69.7 cm³/mol. The molecule has 0 saturated heterocycles. The van der Waals surface area contributed by atoms with E-state index in [9.17, 15) is 0 Å². The highest BCUT2D eigenvalue weighted by molar-refractivity contribution is 5.37. The van der Waals surface area contributed by atoms with Gasteiger partial charge in [0, 0.05) is 25.0 Å². The van der Waals surface area contributed by atoms with Crippen LogP contribution in [0.2, 0.25) is 0 Å². The molecule has 0 amide bonds. The van der Waals surface area contributed by atoms with E-state index in [1.807, 2.05) is 41.2 Å². The standard InChI is InChI=1S/C14H16N4/c1-12(11-18-8-4-7-17-18)16-10-14-6-3-2-5-13(14)9-15/h2-8,12,16H,10-11H2,1H3. The van der Waals surface area contributed by atoms with Gasteiger partial charge >= 0.3 is 0 Å². The van der Waals surface area contributed by atoms with Crippen molar-refractivity contribution in [3.8, 4) is 6.07 Å². The molecule has 92 valence electrons. The van der Waals surface area contributed by atoms with Crippen LogP contribution in [0.3, 0.4) is 0 Å². The Bertz CT molecular complexity index is 525. The summed E-state index contributed by atoms with van der Waals surface area (Å²) < 4.78 is 1.90. The molecular formula is C14H16N4. The van der Waals surface area contributed by atoms with Gasteiger partial charge in [-0.05, 0) is 24.6 Å². The maximum atomic E-state index is 9.00. The Morgan fingerprint density at radius 1 is 1.39 bits per heavy atom. The van der Waals surface area contributed by atoms with E-state index in [2.05, 4.69) is 23.4 Å². The molecule has 0 radical (unpaired) electrons. The third-order valence-corrected chi connectivity index (χ3v) is 2.80. The topological polar surface area (TPSA) is 53.6 Å². The minimum atomic E-state index is 0.302. The van der Waals surface area contributed by atoms with Crippen LogP contribution in [0, 0.1) is 11.3 Å². The first-order chi connectivity index (χ1) is 8.79. The minimum absolute atomic E-state index is 0.302. The fraction of sp³-hybridized carbons (Fsp3) is 0.286. The second-order valence-electron chi connectivity index (χ2n) is 4.28. The van der Waals surface area contributed by atoms with Gasteiger partial charge in [-0.15, -0.1) is 0 Å². The predicted octanol–water partition coefficient (Wildman–Crippen LogP) is 1.93. The van der Waals surface area contributed by atoms with Gasteiger partial charge in [0.25, 0.3) is 0 Å². The molecule has 0 fully saturated rings. The molecular weight excluding hydrogens is 224 g/mol. The summed E-state index contributed by atoms with van der Waals surface area (Å²) in [6.07, 6.45) is 3.72. The lowest BCUT2D eigenvalue weighted by Crippen LogP contribution is -2.30. The van der Waals surface area contributed by atoms with Gasteiger partial charge in [0.05, 0.1) is 18.2 Å². The number of nitriles is 1. The van der Waals surface area contributed by atoms with E-state index >= 15 is 0 Å². The van der Waals surface area contributed by atoms with Crippen LogP contribution >= 0.6 is 0 Å². The Kier molecular flexibility index (Phi) is 4.11. The van der Waals surface area contributed by atoms with Gasteiger partial charge in [-0.1, -0.05) is 18.2 Å². The highest BCUT2D eigenvalue weighted by Gasteiger charge is 2.05. The van der Waals surface area contributed by atoms with Crippen LogP contribution < -0.4 is 5.32 Å². The Morgan fingerprint density at radius 3 is 2.94 bits per heavy atom. The number of rotatable bonds is 5. The average Bonchev–Trinajstić information content (AvgIpc) is 2.89. The van der Waals surface area contributed by atoms with E-state index < -0.39 is 0 Å². The smallest absolute Gasteiger partial charge is 0.0995 e. The monoisotopic (exact) mass is 240 g/mol. The number of nitrogens with one attached hydrogen (secondary N) is 1. The molecule has 0 aliphatic carbocycles. The van der Waals surface area contributed by atoms with E-state index in [4.69, 9.17) is 5.26 Å². The maximum absolute atomic E-state index is 9.00. The molecule has 2 aromatic rings. The van der Waals surface area contributed by atoms with Crippen LogP contribution in [-0.2, 0) is 13.1 Å². The van der Waals surface area contributed by atoms with Crippen LogP contribution in [0.4, 0.5) is 0 Å². The van der Waals surface area contributed by atoms with E-state index in [1.54, 1.807) is 6.20 Å². The van der Waals surface area contributed by atoms with E-state index in [0.717, 1.165) is 17.7 Å². The minimum Gasteiger partial charge on any atom is -0.308 e. The normalized spacial score (nSPS) is 12.0. The summed E-state index contributed by atoms with van der Waals surface area (Å²) in [5.74, 6) is 0. The average molecular weight is 240 g/mol. The zero-order valence-electron chi connectivity index (χ0n) is 10.4. The number of hydrogen-bond acceptors (Lipinski definition) is 3. The first kappa shape index (κ1) is 12.3. The molecule has 1 aromatic carbocycles. The highest BCUT2D eigenvalue weighted by Crippen LogP contribution is 2.07. The second kappa shape index (κ2) is 5.99. The number of nitrogens with zero attached hydrogens (tertiary/aromatic N) is 3. The molecule has 1 unspecified atom stereocenters. The van der Waals surface area contributed by atoms with Gasteiger partial charge in [-0.2, -0.15) is 10.4 Å². The van der Waals surface area contributed by atoms with Crippen LogP contribution in [-0.4, -0.2) is 15.8 Å². The van der Waals surface area contributed by atoms with Gasteiger partial charge in [-0.25, -0.2) is 0 Å². The summed E-state index contributed by atoms with van der Waals surface area (Å²) in [4.78, 5) is 0. The molecule has 0 aliphatic heterocycles. The molecule has 0 bridgehead atoms. The van der Waals surface area contributed by atoms with E-state index in [1.165, 1.54) is 0 Å². The van der Waals surface area contributed by atoms with Crippen LogP contribution in [0.1, 0.15) is 18.1 Å². The highest BCUT2D eigenvalue weighted by atomic mass is 15.3.